The van der Waals surface area contributed by atoms with Gasteiger partial charge in [0.2, 0.25) is 5.91 Å². The van der Waals surface area contributed by atoms with Crippen LogP contribution >= 0.6 is 11.8 Å². The third-order valence-electron chi connectivity index (χ3n) is 4.40. The highest BCUT2D eigenvalue weighted by Gasteiger charge is 2.19. The van der Waals surface area contributed by atoms with E-state index in [0.717, 1.165) is 28.6 Å². The number of aromatic nitrogens is 2. The van der Waals surface area contributed by atoms with E-state index in [1.54, 1.807) is 6.92 Å². The van der Waals surface area contributed by atoms with Gasteiger partial charge in [-0.2, -0.15) is 5.26 Å². The van der Waals surface area contributed by atoms with Gasteiger partial charge in [0, 0.05) is 11.3 Å². The number of nitrogens with zero attached hydrogens (tertiary/aromatic N) is 2. The smallest absolute Gasteiger partial charge is 0.270 e. The number of nitrogens with one attached hydrogen (secondary N) is 2. The van der Waals surface area contributed by atoms with Crippen LogP contribution in [0.25, 0.3) is 11.3 Å². The van der Waals surface area contributed by atoms with Crippen molar-refractivity contribution in [1.82, 2.24) is 9.97 Å². The molecule has 0 aliphatic heterocycles. The first-order chi connectivity index (χ1) is 13.9. The van der Waals surface area contributed by atoms with Crippen molar-refractivity contribution in [3.05, 3.63) is 75.6 Å². The summed E-state index contributed by atoms with van der Waals surface area (Å²) < 4.78 is 0. The third kappa shape index (κ3) is 4.73. The molecule has 1 atom stereocenters. The Morgan fingerprint density at radius 1 is 1.17 bits per heavy atom. The van der Waals surface area contributed by atoms with Gasteiger partial charge >= 0.3 is 0 Å². The molecule has 0 spiro atoms. The summed E-state index contributed by atoms with van der Waals surface area (Å²) in [6.45, 7) is 5.61. The van der Waals surface area contributed by atoms with Crippen molar-refractivity contribution in [3.63, 3.8) is 0 Å². The first-order valence-corrected chi connectivity index (χ1v) is 9.91. The number of thioether (sulfide) groups is 1. The Bertz CT molecular complexity index is 1150. The molecule has 0 saturated carbocycles. The lowest BCUT2D eigenvalue weighted by atomic mass is 10.1. The van der Waals surface area contributed by atoms with Gasteiger partial charge < -0.3 is 10.3 Å². The van der Waals surface area contributed by atoms with Crippen molar-refractivity contribution in [2.24, 2.45) is 0 Å². The fourth-order valence-electron chi connectivity index (χ4n) is 2.70. The zero-order valence-electron chi connectivity index (χ0n) is 16.3. The minimum atomic E-state index is -0.521. The number of hydrogen-bond donors (Lipinski definition) is 2. The van der Waals surface area contributed by atoms with Crippen molar-refractivity contribution in [2.75, 3.05) is 5.32 Å². The summed E-state index contributed by atoms with van der Waals surface area (Å²) in [4.78, 5) is 32.0. The van der Waals surface area contributed by atoms with Crippen molar-refractivity contribution >= 4 is 23.4 Å². The van der Waals surface area contributed by atoms with Crippen LogP contribution in [0.3, 0.4) is 0 Å². The van der Waals surface area contributed by atoms with Crippen molar-refractivity contribution < 1.29 is 4.79 Å². The second kappa shape index (κ2) is 8.76. The minimum Gasteiger partial charge on any atom is -0.325 e. The van der Waals surface area contributed by atoms with E-state index in [9.17, 15) is 14.9 Å². The fraction of sp³-hybridized carbons (Fsp3) is 0.182. The van der Waals surface area contributed by atoms with Crippen LogP contribution in [-0.4, -0.2) is 21.1 Å². The fourth-order valence-corrected chi connectivity index (χ4v) is 3.50. The van der Waals surface area contributed by atoms with Gasteiger partial charge in [0.05, 0.1) is 10.9 Å². The van der Waals surface area contributed by atoms with Crippen LogP contribution in [-0.2, 0) is 4.79 Å². The van der Waals surface area contributed by atoms with Crippen LogP contribution in [0.15, 0.2) is 58.5 Å². The van der Waals surface area contributed by atoms with Gasteiger partial charge in [0.25, 0.3) is 5.56 Å². The van der Waals surface area contributed by atoms with Gasteiger partial charge in [0.1, 0.15) is 11.6 Å². The molecule has 0 saturated heterocycles. The Balaban J connectivity index is 1.86. The first kappa shape index (κ1) is 20.4. The maximum Gasteiger partial charge on any atom is 0.270 e. The number of rotatable bonds is 5. The lowest BCUT2D eigenvalue weighted by molar-refractivity contribution is -0.115. The average Bonchev–Trinajstić information content (AvgIpc) is 2.70. The summed E-state index contributed by atoms with van der Waals surface area (Å²) in [7, 11) is 0. The predicted molar refractivity (Wildman–Crippen MR) is 115 cm³/mol. The quantitative estimate of drug-likeness (QED) is 0.494. The number of anilines is 1. The van der Waals surface area contributed by atoms with Crippen LogP contribution in [0, 0.1) is 25.2 Å². The van der Waals surface area contributed by atoms with Crippen LogP contribution in [0.2, 0.25) is 0 Å². The molecule has 2 aromatic carbocycles. The molecule has 29 heavy (non-hydrogen) atoms. The molecule has 2 N–H and O–H groups in total. The van der Waals surface area contributed by atoms with Crippen LogP contribution < -0.4 is 10.9 Å². The molecule has 0 bridgehead atoms. The molecule has 7 heteroatoms. The van der Waals surface area contributed by atoms with Crippen LogP contribution in [0.5, 0.6) is 0 Å². The summed E-state index contributed by atoms with van der Waals surface area (Å²) in [5.41, 5.74) is 3.19. The predicted octanol–water partition coefficient (Wildman–Crippen LogP) is 4.04. The second-order valence-electron chi connectivity index (χ2n) is 6.64. The minimum absolute atomic E-state index is 0.0461. The van der Waals surface area contributed by atoms with Gasteiger partial charge in [-0.15, -0.1) is 0 Å². The lowest BCUT2D eigenvalue weighted by Gasteiger charge is -2.13. The highest BCUT2D eigenvalue weighted by atomic mass is 32.2. The largest absolute Gasteiger partial charge is 0.325 e. The monoisotopic (exact) mass is 404 g/mol. The third-order valence-corrected chi connectivity index (χ3v) is 5.38. The molecule has 3 rings (SSSR count). The molecule has 1 unspecified atom stereocenters. The number of aryl methyl sites for hydroxylation is 2. The van der Waals surface area contributed by atoms with E-state index in [1.807, 2.05) is 68.4 Å². The van der Waals surface area contributed by atoms with Crippen LogP contribution in [0.4, 0.5) is 5.69 Å². The maximum absolute atomic E-state index is 12.6. The van der Waals surface area contributed by atoms with Gasteiger partial charge in [-0.3, -0.25) is 9.59 Å². The van der Waals surface area contributed by atoms with Gasteiger partial charge in [0.15, 0.2) is 5.16 Å². The molecular formula is C22H20N4O2S. The molecular weight excluding hydrogens is 384 g/mol. The normalized spacial score (nSPS) is 11.5. The Morgan fingerprint density at radius 2 is 1.86 bits per heavy atom. The molecule has 1 amide bonds. The highest BCUT2D eigenvalue weighted by molar-refractivity contribution is 8.00. The molecule has 1 aromatic heterocycles. The van der Waals surface area contributed by atoms with Crippen molar-refractivity contribution in [3.8, 4) is 17.3 Å². The SMILES string of the molecule is Cc1ccc(-c2nc(SC(C)C(=O)Nc3ccccc3C)[nH]c(=O)c2C#N)cc1. The maximum atomic E-state index is 12.6. The van der Waals surface area contributed by atoms with E-state index in [0.29, 0.717) is 11.3 Å². The Labute approximate surface area is 173 Å². The number of H-pyrrole nitrogens is 1. The molecule has 0 aliphatic rings. The Morgan fingerprint density at radius 3 is 2.52 bits per heavy atom. The first-order valence-electron chi connectivity index (χ1n) is 9.03. The van der Waals surface area contributed by atoms with E-state index >= 15 is 0 Å². The number of benzene rings is 2. The summed E-state index contributed by atoms with van der Waals surface area (Å²) >= 11 is 1.13. The number of aromatic amines is 1. The van der Waals surface area contributed by atoms with Gasteiger partial charge in [-0.05, 0) is 32.4 Å². The van der Waals surface area contributed by atoms with E-state index in [1.165, 1.54) is 0 Å². The Hall–Kier alpha value is -3.37. The molecule has 0 aliphatic carbocycles. The number of amides is 1. The number of carbonyl (C=O) groups is 1. The molecule has 0 fully saturated rings. The molecule has 6 nitrogen and oxygen atoms in total. The summed E-state index contributed by atoms with van der Waals surface area (Å²) in [6.07, 6.45) is 0. The summed E-state index contributed by atoms with van der Waals surface area (Å²) in [5.74, 6) is -0.201. The highest BCUT2D eigenvalue weighted by Crippen LogP contribution is 2.25. The standard InChI is InChI=1S/C22H20N4O2S/c1-13-8-10-16(11-9-13)19-17(12-23)21(28)26-22(25-19)29-15(3)20(27)24-18-7-5-4-6-14(18)2/h4-11,15H,1-3H3,(H,24,27)(H,25,26,28). The number of para-hydroxylation sites is 1. The molecule has 0 radical (unpaired) electrons. The zero-order chi connectivity index (χ0) is 21.0. The van der Waals surface area contributed by atoms with Crippen molar-refractivity contribution in [2.45, 2.75) is 31.2 Å². The molecule has 146 valence electrons. The van der Waals surface area contributed by atoms with Gasteiger partial charge in [-0.25, -0.2) is 4.98 Å². The van der Waals surface area contributed by atoms with Gasteiger partial charge in [-0.1, -0.05) is 59.8 Å². The average molecular weight is 404 g/mol. The van der Waals surface area contributed by atoms with E-state index < -0.39 is 10.8 Å². The molecule has 1 heterocycles. The van der Waals surface area contributed by atoms with Crippen LogP contribution in [0.1, 0.15) is 23.6 Å². The number of hydrogen-bond acceptors (Lipinski definition) is 5. The molecule has 3 aromatic rings. The Kier molecular flexibility index (Phi) is 6.15. The summed E-state index contributed by atoms with van der Waals surface area (Å²) in [5, 5.41) is 12.1. The summed E-state index contributed by atoms with van der Waals surface area (Å²) in [6, 6.07) is 16.9. The number of carbonyl (C=O) groups excluding carboxylic acids is 1. The zero-order valence-corrected chi connectivity index (χ0v) is 17.1. The van der Waals surface area contributed by atoms with E-state index in [-0.39, 0.29) is 16.6 Å². The van der Waals surface area contributed by atoms with E-state index in [4.69, 9.17) is 0 Å². The number of nitriles is 1. The lowest BCUT2D eigenvalue weighted by Crippen LogP contribution is -2.24. The van der Waals surface area contributed by atoms with E-state index in [2.05, 4.69) is 15.3 Å². The topological polar surface area (TPSA) is 98.6 Å². The second-order valence-corrected chi connectivity index (χ2v) is 7.97. The van der Waals surface area contributed by atoms with Crippen molar-refractivity contribution in [1.29, 1.82) is 5.26 Å².